The zero-order valence-corrected chi connectivity index (χ0v) is 17.5. The second kappa shape index (κ2) is 8.48. The highest BCUT2D eigenvalue weighted by molar-refractivity contribution is 9.10. The van der Waals surface area contributed by atoms with Gasteiger partial charge in [0.25, 0.3) is 5.91 Å². The number of aromatic hydroxyl groups is 1. The van der Waals surface area contributed by atoms with Crippen LogP contribution in [0.3, 0.4) is 0 Å². The van der Waals surface area contributed by atoms with Gasteiger partial charge in [-0.05, 0) is 66.4 Å². The molecule has 28 heavy (non-hydrogen) atoms. The number of ether oxygens (including phenoxy) is 1. The molecule has 0 spiro atoms. The predicted molar refractivity (Wildman–Crippen MR) is 112 cm³/mol. The summed E-state index contributed by atoms with van der Waals surface area (Å²) in [5.74, 6) is 0.780. The average Bonchev–Trinajstić information content (AvgIpc) is 3.12. The minimum atomic E-state index is -0.314. The molecule has 1 amide bonds. The third-order valence-corrected chi connectivity index (χ3v) is 4.82. The van der Waals surface area contributed by atoms with Crippen molar-refractivity contribution in [3.05, 3.63) is 70.0 Å². The standard InChI is InChI=1S/C21H22BrN3O3/c1-13(2)17-11-19(14(3)10-20(17)26)23-21(27)18-8-9-25(24-18)12-28-16-6-4-15(22)5-7-16/h4-11,13,26H,12H2,1-3H3,(H,23,27). The summed E-state index contributed by atoms with van der Waals surface area (Å²) >= 11 is 3.38. The summed E-state index contributed by atoms with van der Waals surface area (Å²) in [4.78, 5) is 12.6. The van der Waals surface area contributed by atoms with Crippen molar-refractivity contribution in [2.24, 2.45) is 0 Å². The molecule has 7 heteroatoms. The Kier molecular flexibility index (Phi) is 6.04. The van der Waals surface area contributed by atoms with Gasteiger partial charge in [0.1, 0.15) is 11.5 Å². The van der Waals surface area contributed by atoms with Crippen LogP contribution < -0.4 is 10.1 Å². The van der Waals surface area contributed by atoms with E-state index < -0.39 is 0 Å². The third-order valence-electron chi connectivity index (χ3n) is 4.29. The molecule has 0 bridgehead atoms. The van der Waals surface area contributed by atoms with Crippen molar-refractivity contribution in [3.63, 3.8) is 0 Å². The van der Waals surface area contributed by atoms with Crippen molar-refractivity contribution in [1.82, 2.24) is 9.78 Å². The van der Waals surface area contributed by atoms with Crippen molar-refractivity contribution in [3.8, 4) is 11.5 Å². The van der Waals surface area contributed by atoms with E-state index in [4.69, 9.17) is 4.74 Å². The van der Waals surface area contributed by atoms with E-state index in [9.17, 15) is 9.90 Å². The van der Waals surface area contributed by atoms with Crippen LogP contribution in [-0.4, -0.2) is 20.8 Å². The van der Waals surface area contributed by atoms with Crippen LogP contribution in [0.1, 0.15) is 41.4 Å². The topological polar surface area (TPSA) is 76.4 Å². The molecule has 0 aliphatic rings. The van der Waals surface area contributed by atoms with Gasteiger partial charge in [-0.1, -0.05) is 29.8 Å². The van der Waals surface area contributed by atoms with E-state index in [2.05, 4.69) is 26.3 Å². The van der Waals surface area contributed by atoms with Crippen LogP contribution in [0.2, 0.25) is 0 Å². The first kappa shape index (κ1) is 19.9. The number of rotatable bonds is 6. The van der Waals surface area contributed by atoms with Gasteiger partial charge in [-0.15, -0.1) is 0 Å². The SMILES string of the molecule is Cc1cc(O)c(C(C)C)cc1NC(=O)c1ccn(COc2ccc(Br)cc2)n1. The highest BCUT2D eigenvalue weighted by atomic mass is 79.9. The van der Waals surface area contributed by atoms with Gasteiger partial charge in [0.15, 0.2) is 12.4 Å². The summed E-state index contributed by atoms with van der Waals surface area (Å²) in [5, 5.41) is 17.2. The van der Waals surface area contributed by atoms with Gasteiger partial charge in [0.2, 0.25) is 0 Å². The summed E-state index contributed by atoms with van der Waals surface area (Å²) < 4.78 is 8.18. The molecule has 0 aliphatic heterocycles. The molecular weight excluding hydrogens is 422 g/mol. The largest absolute Gasteiger partial charge is 0.508 e. The quantitative estimate of drug-likeness (QED) is 0.521. The first-order chi connectivity index (χ1) is 13.3. The number of phenolic OH excluding ortho intramolecular Hbond substituents is 1. The molecule has 2 aromatic carbocycles. The number of hydrogen-bond donors (Lipinski definition) is 2. The molecular formula is C21H22BrN3O3. The Hall–Kier alpha value is -2.80. The van der Waals surface area contributed by atoms with Crippen molar-refractivity contribution >= 4 is 27.5 Å². The fraction of sp³-hybridized carbons (Fsp3) is 0.238. The molecule has 0 fully saturated rings. The predicted octanol–water partition coefficient (Wildman–Crippen LogP) is 5.07. The smallest absolute Gasteiger partial charge is 0.276 e. The molecule has 0 aliphatic carbocycles. The molecule has 3 rings (SSSR count). The maximum absolute atomic E-state index is 12.6. The van der Waals surface area contributed by atoms with E-state index in [0.717, 1.165) is 15.6 Å². The minimum absolute atomic E-state index is 0.145. The summed E-state index contributed by atoms with van der Waals surface area (Å²) in [7, 11) is 0. The monoisotopic (exact) mass is 443 g/mol. The number of phenols is 1. The van der Waals surface area contributed by atoms with Crippen LogP contribution in [0, 0.1) is 6.92 Å². The average molecular weight is 444 g/mol. The van der Waals surface area contributed by atoms with Crippen LogP contribution >= 0.6 is 15.9 Å². The van der Waals surface area contributed by atoms with Crippen molar-refractivity contribution in [2.45, 2.75) is 33.4 Å². The number of halogens is 1. The van der Waals surface area contributed by atoms with Gasteiger partial charge in [-0.3, -0.25) is 4.79 Å². The number of hydrogen-bond acceptors (Lipinski definition) is 4. The molecule has 3 aromatic rings. The van der Waals surface area contributed by atoms with E-state index >= 15 is 0 Å². The Morgan fingerprint density at radius 2 is 1.96 bits per heavy atom. The van der Waals surface area contributed by atoms with E-state index in [1.807, 2.05) is 45.0 Å². The molecule has 0 saturated heterocycles. The number of benzene rings is 2. The Morgan fingerprint density at radius 3 is 2.64 bits per heavy atom. The third kappa shape index (κ3) is 4.72. The molecule has 0 radical (unpaired) electrons. The highest BCUT2D eigenvalue weighted by Crippen LogP contribution is 2.31. The van der Waals surface area contributed by atoms with Gasteiger partial charge in [-0.25, -0.2) is 4.68 Å². The lowest BCUT2D eigenvalue weighted by molar-refractivity contribution is 0.102. The maximum Gasteiger partial charge on any atom is 0.276 e. The van der Waals surface area contributed by atoms with Gasteiger partial charge < -0.3 is 15.2 Å². The summed E-state index contributed by atoms with van der Waals surface area (Å²) in [6.07, 6.45) is 1.69. The maximum atomic E-state index is 12.6. The first-order valence-electron chi connectivity index (χ1n) is 8.90. The number of nitrogens with one attached hydrogen (secondary N) is 1. The normalized spacial score (nSPS) is 10.9. The molecule has 146 valence electrons. The minimum Gasteiger partial charge on any atom is -0.508 e. The van der Waals surface area contributed by atoms with E-state index in [1.165, 1.54) is 0 Å². The molecule has 1 heterocycles. The van der Waals surface area contributed by atoms with E-state index in [0.29, 0.717) is 11.4 Å². The number of anilines is 1. The lowest BCUT2D eigenvalue weighted by Gasteiger charge is -2.14. The first-order valence-corrected chi connectivity index (χ1v) is 9.69. The number of aryl methyl sites for hydroxylation is 1. The molecule has 2 N–H and O–H groups in total. The number of nitrogens with zero attached hydrogens (tertiary/aromatic N) is 2. The van der Waals surface area contributed by atoms with Crippen LogP contribution in [-0.2, 0) is 6.73 Å². The summed E-state index contributed by atoms with van der Waals surface area (Å²) in [6.45, 7) is 6.01. The fourth-order valence-corrected chi connectivity index (χ4v) is 2.98. The van der Waals surface area contributed by atoms with E-state index in [-0.39, 0.29) is 30.0 Å². The molecule has 1 aromatic heterocycles. The van der Waals surface area contributed by atoms with Gasteiger partial charge in [0.05, 0.1) is 0 Å². The van der Waals surface area contributed by atoms with Crippen LogP contribution in [0.5, 0.6) is 11.5 Å². The van der Waals surface area contributed by atoms with Crippen LogP contribution in [0.4, 0.5) is 5.69 Å². The lowest BCUT2D eigenvalue weighted by atomic mass is 9.99. The Balaban J connectivity index is 1.67. The van der Waals surface area contributed by atoms with Crippen molar-refractivity contribution in [2.75, 3.05) is 5.32 Å². The fourth-order valence-electron chi connectivity index (χ4n) is 2.72. The van der Waals surface area contributed by atoms with Gasteiger partial charge in [-0.2, -0.15) is 5.10 Å². The van der Waals surface area contributed by atoms with E-state index in [1.54, 1.807) is 29.1 Å². The molecule has 6 nitrogen and oxygen atoms in total. The Bertz CT molecular complexity index is 981. The zero-order chi connectivity index (χ0) is 20.3. The van der Waals surface area contributed by atoms with Gasteiger partial charge in [0, 0.05) is 16.4 Å². The highest BCUT2D eigenvalue weighted by Gasteiger charge is 2.14. The second-order valence-electron chi connectivity index (χ2n) is 6.80. The van der Waals surface area contributed by atoms with Crippen LogP contribution in [0.15, 0.2) is 53.1 Å². The Morgan fingerprint density at radius 1 is 1.25 bits per heavy atom. The van der Waals surface area contributed by atoms with Gasteiger partial charge >= 0.3 is 0 Å². The lowest BCUT2D eigenvalue weighted by Crippen LogP contribution is -2.15. The summed E-state index contributed by atoms with van der Waals surface area (Å²) in [5.41, 5.74) is 2.52. The van der Waals surface area contributed by atoms with Crippen molar-refractivity contribution < 1.29 is 14.6 Å². The molecule has 0 saturated carbocycles. The Labute approximate surface area is 172 Å². The number of amides is 1. The number of aromatic nitrogens is 2. The summed E-state index contributed by atoms with van der Waals surface area (Å²) in [6, 6.07) is 12.6. The van der Waals surface area contributed by atoms with Crippen molar-refractivity contribution in [1.29, 1.82) is 0 Å². The number of carbonyl (C=O) groups excluding carboxylic acids is 1. The molecule has 0 unspecified atom stereocenters. The second-order valence-corrected chi connectivity index (χ2v) is 7.72. The molecule has 0 atom stereocenters. The number of carbonyl (C=O) groups is 1. The zero-order valence-electron chi connectivity index (χ0n) is 15.9. The van der Waals surface area contributed by atoms with Crippen LogP contribution in [0.25, 0.3) is 0 Å².